The molecule has 0 bridgehead atoms. The highest BCUT2D eigenvalue weighted by Gasteiger charge is 2.30. The smallest absolute Gasteiger partial charge is 0.337 e. The normalized spacial score (nSPS) is 11.0. The Morgan fingerprint density at radius 1 is 1.11 bits per heavy atom. The number of halogens is 2. The van der Waals surface area contributed by atoms with Gasteiger partial charge in [0.15, 0.2) is 0 Å². The van der Waals surface area contributed by atoms with Gasteiger partial charge in [-0.2, -0.15) is 0 Å². The summed E-state index contributed by atoms with van der Waals surface area (Å²) in [6, 6.07) is 9.61. The first-order chi connectivity index (χ1) is 13.2. The largest absolute Gasteiger partial charge is 0.465 e. The summed E-state index contributed by atoms with van der Waals surface area (Å²) in [6.07, 6.45) is 0. The van der Waals surface area contributed by atoms with Crippen LogP contribution in [-0.4, -0.2) is 40.6 Å². The van der Waals surface area contributed by atoms with Crippen LogP contribution in [0.4, 0.5) is 5.69 Å². The molecular formula is C18H17Cl2NO6S. The van der Waals surface area contributed by atoms with Crippen LogP contribution in [0.5, 0.6) is 0 Å². The lowest BCUT2D eigenvalue weighted by molar-refractivity contribution is -0.141. The van der Waals surface area contributed by atoms with Gasteiger partial charge in [-0.05, 0) is 43.3 Å². The molecule has 0 amide bonds. The fourth-order valence-corrected chi connectivity index (χ4v) is 4.48. The van der Waals surface area contributed by atoms with E-state index in [0.29, 0.717) is 0 Å². The second-order valence-corrected chi connectivity index (χ2v) is 8.11. The van der Waals surface area contributed by atoms with Crippen LogP contribution in [0, 0.1) is 0 Å². The van der Waals surface area contributed by atoms with E-state index in [9.17, 15) is 18.0 Å². The standard InChI is InChI=1S/C18H17Cl2NO6S/c1-3-27-17(22)11-21(14-6-4-5-12(9-14)18(23)26-2)28(24,25)16-10-13(19)7-8-15(16)20/h4-10H,3,11H2,1-2H3. The van der Waals surface area contributed by atoms with E-state index < -0.39 is 28.5 Å². The molecule has 0 N–H and O–H groups in total. The third-order valence-corrected chi connectivity index (χ3v) is 6.09. The van der Waals surface area contributed by atoms with Crippen molar-refractivity contribution in [1.82, 2.24) is 0 Å². The van der Waals surface area contributed by atoms with Crippen LogP contribution in [-0.2, 0) is 24.3 Å². The van der Waals surface area contributed by atoms with Gasteiger partial charge in [-0.15, -0.1) is 0 Å². The highest BCUT2D eigenvalue weighted by molar-refractivity contribution is 7.93. The van der Waals surface area contributed by atoms with Crippen molar-refractivity contribution in [3.05, 3.63) is 58.1 Å². The average Bonchev–Trinajstić information content (AvgIpc) is 2.67. The van der Waals surface area contributed by atoms with Gasteiger partial charge in [-0.3, -0.25) is 9.10 Å². The third kappa shape index (κ3) is 4.95. The zero-order valence-corrected chi connectivity index (χ0v) is 17.3. The number of hydrogen-bond donors (Lipinski definition) is 0. The summed E-state index contributed by atoms with van der Waals surface area (Å²) in [7, 11) is -3.10. The molecule has 2 rings (SSSR count). The van der Waals surface area contributed by atoms with E-state index in [4.69, 9.17) is 27.9 Å². The third-order valence-electron chi connectivity index (χ3n) is 3.59. The number of benzene rings is 2. The van der Waals surface area contributed by atoms with Crippen molar-refractivity contribution in [2.75, 3.05) is 24.6 Å². The molecule has 0 atom stereocenters. The van der Waals surface area contributed by atoms with Crippen molar-refractivity contribution >= 4 is 50.9 Å². The van der Waals surface area contributed by atoms with Crippen molar-refractivity contribution in [2.45, 2.75) is 11.8 Å². The van der Waals surface area contributed by atoms with E-state index in [-0.39, 0.29) is 32.8 Å². The quantitative estimate of drug-likeness (QED) is 0.605. The molecule has 0 radical (unpaired) electrons. The van der Waals surface area contributed by atoms with E-state index in [2.05, 4.69) is 4.74 Å². The lowest BCUT2D eigenvalue weighted by atomic mass is 10.2. The van der Waals surface area contributed by atoms with E-state index in [1.54, 1.807) is 6.92 Å². The summed E-state index contributed by atoms with van der Waals surface area (Å²) < 4.78 is 36.9. The second kappa shape index (κ2) is 9.27. The summed E-state index contributed by atoms with van der Waals surface area (Å²) in [5, 5.41) is 0.0877. The molecule has 0 unspecified atom stereocenters. The van der Waals surface area contributed by atoms with Crippen molar-refractivity contribution in [2.24, 2.45) is 0 Å². The predicted octanol–water partition coefficient (Wildman–Crippen LogP) is 3.54. The molecule has 2 aromatic rings. The monoisotopic (exact) mass is 445 g/mol. The maximum Gasteiger partial charge on any atom is 0.337 e. The molecule has 0 heterocycles. The zero-order valence-electron chi connectivity index (χ0n) is 15.0. The number of ether oxygens (including phenoxy) is 2. The number of nitrogens with zero attached hydrogens (tertiary/aromatic N) is 1. The highest BCUT2D eigenvalue weighted by atomic mass is 35.5. The lowest BCUT2D eigenvalue weighted by Crippen LogP contribution is -2.37. The molecule has 28 heavy (non-hydrogen) atoms. The SMILES string of the molecule is CCOC(=O)CN(c1cccc(C(=O)OC)c1)S(=O)(=O)c1cc(Cl)ccc1Cl. The Morgan fingerprint density at radius 3 is 2.46 bits per heavy atom. The van der Waals surface area contributed by atoms with E-state index >= 15 is 0 Å². The second-order valence-electron chi connectivity index (χ2n) is 5.43. The number of sulfonamides is 1. The van der Waals surface area contributed by atoms with Crippen molar-refractivity contribution < 1.29 is 27.5 Å². The minimum atomic E-state index is -4.31. The maximum atomic E-state index is 13.3. The maximum absolute atomic E-state index is 13.3. The van der Waals surface area contributed by atoms with Gasteiger partial charge in [-0.25, -0.2) is 13.2 Å². The zero-order chi connectivity index (χ0) is 20.9. The van der Waals surface area contributed by atoms with Gasteiger partial charge in [0.2, 0.25) is 0 Å². The Balaban J connectivity index is 2.61. The first kappa shape index (κ1) is 22.0. The van der Waals surface area contributed by atoms with Crippen LogP contribution in [0.1, 0.15) is 17.3 Å². The number of rotatable bonds is 7. The van der Waals surface area contributed by atoms with Crippen LogP contribution in [0.2, 0.25) is 10.0 Å². The Morgan fingerprint density at radius 2 is 1.82 bits per heavy atom. The summed E-state index contributed by atoms with van der Waals surface area (Å²) >= 11 is 12.0. The van der Waals surface area contributed by atoms with Crippen LogP contribution in [0.25, 0.3) is 0 Å². The van der Waals surface area contributed by atoms with Crippen LogP contribution >= 0.6 is 23.2 Å². The molecule has 0 aliphatic carbocycles. The van der Waals surface area contributed by atoms with E-state index in [0.717, 1.165) is 4.31 Å². The van der Waals surface area contributed by atoms with Gasteiger partial charge in [-0.1, -0.05) is 29.3 Å². The minimum Gasteiger partial charge on any atom is -0.465 e. The Labute approximate surface area is 172 Å². The van der Waals surface area contributed by atoms with Crippen LogP contribution in [0.15, 0.2) is 47.4 Å². The first-order valence-electron chi connectivity index (χ1n) is 8.02. The van der Waals surface area contributed by atoms with Crippen molar-refractivity contribution in [1.29, 1.82) is 0 Å². The van der Waals surface area contributed by atoms with Gasteiger partial charge >= 0.3 is 11.9 Å². The summed E-state index contributed by atoms with van der Waals surface area (Å²) in [6.45, 7) is 1.05. The first-order valence-corrected chi connectivity index (χ1v) is 10.2. The molecule has 10 heteroatoms. The van der Waals surface area contributed by atoms with Gasteiger partial charge in [0.05, 0.1) is 30.0 Å². The van der Waals surface area contributed by atoms with Crippen molar-refractivity contribution in [3.8, 4) is 0 Å². The minimum absolute atomic E-state index is 0.0620. The lowest BCUT2D eigenvalue weighted by Gasteiger charge is -2.24. The van der Waals surface area contributed by atoms with Gasteiger partial charge in [0, 0.05) is 5.02 Å². The fourth-order valence-electron chi connectivity index (χ4n) is 2.34. The molecule has 150 valence electrons. The molecule has 7 nitrogen and oxygen atoms in total. The molecule has 0 aliphatic heterocycles. The van der Waals surface area contributed by atoms with Gasteiger partial charge in [0.25, 0.3) is 10.0 Å². The van der Waals surface area contributed by atoms with Gasteiger partial charge in [0.1, 0.15) is 11.4 Å². The van der Waals surface area contributed by atoms with Crippen LogP contribution in [0.3, 0.4) is 0 Å². The van der Waals surface area contributed by atoms with E-state index in [1.807, 2.05) is 0 Å². The Bertz CT molecular complexity index is 993. The molecule has 0 spiro atoms. The van der Waals surface area contributed by atoms with E-state index in [1.165, 1.54) is 49.6 Å². The molecule has 0 aromatic heterocycles. The summed E-state index contributed by atoms with van der Waals surface area (Å²) in [5.74, 6) is -1.43. The molecule has 0 saturated heterocycles. The number of methoxy groups -OCH3 is 1. The topological polar surface area (TPSA) is 90.0 Å². The van der Waals surface area contributed by atoms with Gasteiger partial charge < -0.3 is 9.47 Å². The molecule has 0 fully saturated rings. The summed E-state index contributed by atoms with van der Waals surface area (Å²) in [4.78, 5) is 23.6. The Kier molecular flexibility index (Phi) is 7.29. The molecule has 2 aromatic carbocycles. The predicted molar refractivity (Wildman–Crippen MR) is 105 cm³/mol. The number of anilines is 1. The highest BCUT2D eigenvalue weighted by Crippen LogP contribution is 2.31. The number of esters is 2. The van der Waals surface area contributed by atoms with Crippen molar-refractivity contribution in [3.63, 3.8) is 0 Å². The van der Waals surface area contributed by atoms with Crippen LogP contribution < -0.4 is 4.31 Å². The number of carbonyl (C=O) groups excluding carboxylic acids is 2. The molecular weight excluding hydrogens is 429 g/mol. The fraction of sp³-hybridized carbons (Fsp3) is 0.222. The number of carbonyl (C=O) groups is 2. The molecule has 0 saturated carbocycles. The molecule has 0 aliphatic rings. The average molecular weight is 446 g/mol. The summed E-state index contributed by atoms with van der Waals surface area (Å²) in [5.41, 5.74) is 0.174. The Hall–Kier alpha value is -2.29. The number of hydrogen-bond acceptors (Lipinski definition) is 6.